The van der Waals surface area contributed by atoms with Crippen LogP contribution in [0.1, 0.15) is 46.0 Å². The third kappa shape index (κ3) is 4.96. The van der Waals surface area contributed by atoms with Crippen molar-refractivity contribution in [2.75, 3.05) is 11.9 Å². The zero-order valence-electron chi connectivity index (χ0n) is 13.0. The fourth-order valence-electron chi connectivity index (χ4n) is 2.70. The van der Waals surface area contributed by atoms with Crippen LogP contribution in [0.15, 0.2) is 24.3 Å². The molecule has 0 aromatic heterocycles. The third-order valence-corrected chi connectivity index (χ3v) is 3.89. The second-order valence-electron chi connectivity index (χ2n) is 5.67. The van der Waals surface area contributed by atoms with E-state index in [9.17, 15) is 4.79 Å². The van der Waals surface area contributed by atoms with E-state index in [1.54, 1.807) is 0 Å². The highest BCUT2D eigenvalue weighted by molar-refractivity contribution is 5.84. The summed E-state index contributed by atoms with van der Waals surface area (Å²) in [7, 11) is 0. The average Bonchev–Trinajstić information content (AvgIpc) is 2.50. The molecule has 1 saturated carbocycles. The molecule has 1 aliphatic carbocycles. The Balaban J connectivity index is 1.81. The monoisotopic (exact) mass is 290 g/mol. The summed E-state index contributed by atoms with van der Waals surface area (Å²) in [5, 5.41) is 6.38. The molecule has 2 N–H and O–H groups in total. The maximum absolute atomic E-state index is 12.2. The highest BCUT2D eigenvalue weighted by Crippen LogP contribution is 2.18. The molecule has 0 radical (unpaired) electrons. The van der Waals surface area contributed by atoms with Gasteiger partial charge in [0.1, 0.15) is 11.8 Å². The molecule has 2 rings (SSSR count). The molecule has 1 aliphatic rings. The summed E-state index contributed by atoms with van der Waals surface area (Å²) >= 11 is 0. The molecule has 0 bridgehead atoms. The number of carbonyl (C=O) groups is 1. The lowest BCUT2D eigenvalue weighted by molar-refractivity contribution is -0.122. The first kappa shape index (κ1) is 15.7. The van der Waals surface area contributed by atoms with Gasteiger partial charge in [-0.15, -0.1) is 0 Å². The van der Waals surface area contributed by atoms with E-state index in [0.717, 1.165) is 24.3 Å². The lowest BCUT2D eigenvalue weighted by Crippen LogP contribution is -2.43. The van der Waals surface area contributed by atoms with Crippen LogP contribution >= 0.6 is 0 Å². The normalized spacial score (nSPS) is 17.0. The van der Waals surface area contributed by atoms with Crippen LogP contribution < -0.4 is 15.4 Å². The summed E-state index contributed by atoms with van der Waals surface area (Å²) in [6.07, 6.45) is 5.98. The molecular formula is C17H26N2O2. The Kier molecular flexibility index (Phi) is 5.90. The minimum atomic E-state index is -0.232. The summed E-state index contributed by atoms with van der Waals surface area (Å²) < 4.78 is 5.41. The van der Waals surface area contributed by atoms with E-state index in [1.165, 1.54) is 19.3 Å². The van der Waals surface area contributed by atoms with E-state index in [-0.39, 0.29) is 11.9 Å². The first-order valence-electron chi connectivity index (χ1n) is 7.99. The van der Waals surface area contributed by atoms with Crippen LogP contribution in [0.5, 0.6) is 5.75 Å². The van der Waals surface area contributed by atoms with Gasteiger partial charge in [-0.3, -0.25) is 4.79 Å². The van der Waals surface area contributed by atoms with Gasteiger partial charge in [0.05, 0.1) is 6.61 Å². The number of ether oxygens (including phenoxy) is 1. The van der Waals surface area contributed by atoms with Crippen molar-refractivity contribution >= 4 is 11.6 Å². The Morgan fingerprint density at radius 3 is 2.52 bits per heavy atom. The summed E-state index contributed by atoms with van der Waals surface area (Å²) in [6.45, 7) is 4.52. The molecule has 1 aromatic carbocycles. The van der Waals surface area contributed by atoms with Gasteiger partial charge in [-0.25, -0.2) is 0 Å². The number of amides is 1. The van der Waals surface area contributed by atoms with Crippen molar-refractivity contribution < 1.29 is 9.53 Å². The molecule has 21 heavy (non-hydrogen) atoms. The standard InChI is InChI=1S/C17H26N2O2/c1-3-21-16-11-9-15(10-12-16)18-13(2)17(20)19-14-7-5-4-6-8-14/h9-14,18H,3-8H2,1-2H3,(H,19,20). The van der Waals surface area contributed by atoms with Crippen LogP contribution in [0.25, 0.3) is 0 Å². The van der Waals surface area contributed by atoms with Gasteiger partial charge in [0.25, 0.3) is 0 Å². The van der Waals surface area contributed by atoms with Crippen LogP contribution in [0.2, 0.25) is 0 Å². The minimum absolute atomic E-state index is 0.0794. The van der Waals surface area contributed by atoms with E-state index >= 15 is 0 Å². The van der Waals surface area contributed by atoms with Gasteiger partial charge in [-0.05, 0) is 51.0 Å². The highest BCUT2D eigenvalue weighted by atomic mass is 16.5. The van der Waals surface area contributed by atoms with E-state index in [0.29, 0.717) is 12.6 Å². The molecule has 1 fully saturated rings. The van der Waals surface area contributed by atoms with E-state index < -0.39 is 0 Å². The smallest absolute Gasteiger partial charge is 0.242 e. The Morgan fingerprint density at radius 1 is 1.24 bits per heavy atom. The third-order valence-electron chi connectivity index (χ3n) is 3.89. The van der Waals surface area contributed by atoms with E-state index in [2.05, 4.69) is 10.6 Å². The number of nitrogens with one attached hydrogen (secondary N) is 2. The van der Waals surface area contributed by atoms with Crippen molar-refractivity contribution in [2.24, 2.45) is 0 Å². The maximum Gasteiger partial charge on any atom is 0.242 e. The molecule has 0 saturated heterocycles. The largest absolute Gasteiger partial charge is 0.494 e. The van der Waals surface area contributed by atoms with Gasteiger partial charge in [0.15, 0.2) is 0 Å². The Bertz CT molecular complexity index is 439. The van der Waals surface area contributed by atoms with Gasteiger partial charge in [-0.1, -0.05) is 19.3 Å². The zero-order valence-corrected chi connectivity index (χ0v) is 13.0. The fraction of sp³-hybridized carbons (Fsp3) is 0.588. The highest BCUT2D eigenvalue weighted by Gasteiger charge is 2.19. The summed E-state index contributed by atoms with van der Waals surface area (Å²) in [5.74, 6) is 0.929. The quantitative estimate of drug-likeness (QED) is 0.845. The van der Waals surface area contributed by atoms with Gasteiger partial charge in [-0.2, -0.15) is 0 Å². The minimum Gasteiger partial charge on any atom is -0.494 e. The molecule has 116 valence electrons. The topological polar surface area (TPSA) is 50.4 Å². The summed E-state index contributed by atoms with van der Waals surface area (Å²) in [4.78, 5) is 12.2. The second-order valence-corrected chi connectivity index (χ2v) is 5.67. The molecule has 1 amide bonds. The van der Waals surface area contributed by atoms with Crippen LogP contribution in [0, 0.1) is 0 Å². The molecule has 1 aromatic rings. The second kappa shape index (κ2) is 7.91. The first-order valence-corrected chi connectivity index (χ1v) is 7.99. The van der Waals surface area contributed by atoms with Gasteiger partial charge in [0.2, 0.25) is 5.91 Å². The van der Waals surface area contributed by atoms with Crippen LogP contribution in [-0.4, -0.2) is 24.6 Å². The van der Waals surface area contributed by atoms with E-state index in [4.69, 9.17) is 4.74 Å². The molecule has 4 nitrogen and oxygen atoms in total. The lowest BCUT2D eigenvalue weighted by atomic mass is 9.95. The van der Waals surface area contributed by atoms with Gasteiger partial charge >= 0.3 is 0 Å². The molecule has 0 aliphatic heterocycles. The van der Waals surface area contributed by atoms with Crippen LogP contribution in [0.3, 0.4) is 0 Å². The Labute approximate surface area is 127 Å². The van der Waals surface area contributed by atoms with Crippen molar-refractivity contribution in [1.29, 1.82) is 0 Å². The van der Waals surface area contributed by atoms with Crippen molar-refractivity contribution in [3.05, 3.63) is 24.3 Å². The maximum atomic E-state index is 12.2. The molecule has 1 unspecified atom stereocenters. The van der Waals surface area contributed by atoms with Crippen molar-refractivity contribution in [3.8, 4) is 5.75 Å². The number of carbonyl (C=O) groups excluding carboxylic acids is 1. The number of rotatable bonds is 6. The predicted octanol–water partition coefficient (Wildman–Crippen LogP) is 3.33. The number of hydrogen-bond acceptors (Lipinski definition) is 3. The van der Waals surface area contributed by atoms with Gasteiger partial charge in [0, 0.05) is 11.7 Å². The molecule has 0 heterocycles. The van der Waals surface area contributed by atoms with E-state index in [1.807, 2.05) is 38.1 Å². The lowest BCUT2D eigenvalue weighted by Gasteiger charge is -2.25. The zero-order chi connectivity index (χ0) is 15.1. The fourth-order valence-corrected chi connectivity index (χ4v) is 2.70. The molecular weight excluding hydrogens is 264 g/mol. The summed E-state index contributed by atoms with van der Waals surface area (Å²) in [5.41, 5.74) is 0.935. The Morgan fingerprint density at radius 2 is 1.90 bits per heavy atom. The number of anilines is 1. The average molecular weight is 290 g/mol. The molecule has 0 spiro atoms. The van der Waals surface area contributed by atoms with Crippen molar-refractivity contribution in [1.82, 2.24) is 5.32 Å². The van der Waals surface area contributed by atoms with Crippen molar-refractivity contribution in [2.45, 2.75) is 58.0 Å². The SMILES string of the molecule is CCOc1ccc(NC(C)C(=O)NC2CCCCC2)cc1. The molecule has 4 heteroatoms. The van der Waals surface area contributed by atoms with Crippen molar-refractivity contribution in [3.63, 3.8) is 0 Å². The molecule has 1 atom stereocenters. The number of hydrogen-bond donors (Lipinski definition) is 2. The van der Waals surface area contributed by atoms with Crippen LogP contribution in [0.4, 0.5) is 5.69 Å². The summed E-state index contributed by atoms with van der Waals surface area (Å²) in [6, 6.07) is 7.83. The van der Waals surface area contributed by atoms with Gasteiger partial charge < -0.3 is 15.4 Å². The van der Waals surface area contributed by atoms with Crippen LogP contribution in [-0.2, 0) is 4.79 Å². The number of benzene rings is 1. The first-order chi connectivity index (χ1) is 10.2. The Hall–Kier alpha value is -1.71. The predicted molar refractivity (Wildman–Crippen MR) is 85.7 cm³/mol.